The van der Waals surface area contributed by atoms with Crippen molar-refractivity contribution in [2.24, 2.45) is 9.98 Å². The van der Waals surface area contributed by atoms with E-state index >= 15 is 0 Å². The van der Waals surface area contributed by atoms with Gasteiger partial charge in [-0.15, -0.1) is 24.8 Å². The number of rotatable bonds is 2. The van der Waals surface area contributed by atoms with Crippen molar-refractivity contribution < 1.29 is 9.59 Å². The molecule has 0 fully saturated rings. The highest BCUT2D eigenvalue weighted by atomic mass is 35.5. The number of hydrogen-bond acceptors (Lipinski definition) is 8. The Kier molecular flexibility index (Phi) is 6.28. The van der Waals surface area contributed by atoms with Crippen LogP contribution >= 0.6 is 24.8 Å². The second-order valence-electron chi connectivity index (χ2n) is 6.74. The summed E-state index contributed by atoms with van der Waals surface area (Å²) in [6, 6.07) is 10.4. The molecule has 2 aromatic rings. The quantitative estimate of drug-likeness (QED) is 0.479. The van der Waals surface area contributed by atoms with Crippen molar-refractivity contribution >= 4 is 59.7 Å². The van der Waals surface area contributed by atoms with E-state index in [0.717, 1.165) is 37.6 Å². The molecule has 0 amide bonds. The molecule has 0 saturated heterocycles. The van der Waals surface area contributed by atoms with Crippen LogP contribution in [-0.2, 0) is 0 Å². The van der Waals surface area contributed by atoms with Gasteiger partial charge in [-0.3, -0.25) is 19.6 Å². The maximum Gasteiger partial charge on any atom is 0.195 e. The van der Waals surface area contributed by atoms with Gasteiger partial charge in [0.15, 0.2) is 23.5 Å². The number of benzene rings is 2. The molecule has 0 saturated carbocycles. The van der Waals surface area contributed by atoms with E-state index in [1.165, 1.54) is 0 Å². The molecule has 10 heteroatoms. The first kappa shape index (κ1) is 21.6. The number of ketones is 2. The van der Waals surface area contributed by atoms with Crippen molar-refractivity contribution in [3.05, 3.63) is 58.7 Å². The topological polar surface area (TPSA) is 107 Å². The van der Waals surface area contributed by atoms with E-state index in [-0.39, 0.29) is 36.4 Å². The van der Waals surface area contributed by atoms with Gasteiger partial charge in [-0.2, -0.15) is 0 Å². The van der Waals surface area contributed by atoms with Gasteiger partial charge in [0.1, 0.15) is 0 Å². The third-order valence-electron chi connectivity index (χ3n) is 4.89. The Bertz CT molecular complexity index is 997. The van der Waals surface area contributed by atoms with E-state index in [2.05, 4.69) is 31.3 Å². The summed E-state index contributed by atoms with van der Waals surface area (Å²) in [7, 11) is 0. The fourth-order valence-corrected chi connectivity index (χ4v) is 3.54. The first-order valence-electron chi connectivity index (χ1n) is 9.17. The maximum absolute atomic E-state index is 13.0. The first-order valence-corrected chi connectivity index (χ1v) is 9.17. The van der Waals surface area contributed by atoms with Gasteiger partial charge in [-0.05, 0) is 36.4 Å². The lowest BCUT2D eigenvalue weighted by molar-refractivity contribution is 0.0979. The average Bonchev–Trinajstić information content (AvgIpc) is 3.40. The third kappa shape index (κ3) is 3.83. The van der Waals surface area contributed by atoms with Crippen molar-refractivity contribution in [1.29, 1.82) is 0 Å². The van der Waals surface area contributed by atoms with Crippen LogP contribution < -0.4 is 21.3 Å². The molecule has 156 valence electrons. The molecule has 3 aliphatic rings. The van der Waals surface area contributed by atoms with Crippen LogP contribution in [0.4, 0.5) is 11.4 Å². The highest BCUT2D eigenvalue weighted by Gasteiger charge is 2.30. The van der Waals surface area contributed by atoms with Crippen molar-refractivity contribution in [3.63, 3.8) is 0 Å². The summed E-state index contributed by atoms with van der Waals surface area (Å²) in [6.07, 6.45) is 0. The molecule has 4 N–H and O–H groups in total. The number of hydrogen-bond donors (Lipinski definition) is 4. The van der Waals surface area contributed by atoms with Gasteiger partial charge in [-0.1, -0.05) is 0 Å². The SMILES string of the molecule is Cl.Cl.O=C1c2ccc(NC3=NCCN3)cc2C(=O)c2ccc(NC3=NCCN3)cc21. The van der Waals surface area contributed by atoms with E-state index in [9.17, 15) is 9.59 Å². The van der Waals surface area contributed by atoms with Crippen LogP contribution in [-0.4, -0.2) is 49.7 Å². The summed E-state index contributed by atoms with van der Waals surface area (Å²) >= 11 is 0. The van der Waals surface area contributed by atoms with Crippen LogP contribution in [0, 0.1) is 0 Å². The number of nitrogens with zero attached hydrogens (tertiary/aromatic N) is 2. The number of carbonyl (C=O) groups is 2. The molecule has 2 heterocycles. The summed E-state index contributed by atoms with van der Waals surface area (Å²) in [4.78, 5) is 34.6. The van der Waals surface area contributed by atoms with Crippen molar-refractivity contribution in [1.82, 2.24) is 10.6 Å². The molecular weight excluding hydrogens is 427 g/mol. The van der Waals surface area contributed by atoms with Gasteiger partial charge in [-0.25, -0.2) is 0 Å². The molecule has 2 aromatic carbocycles. The first-order chi connectivity index (χ1) is 13.7. The summed E-state index contributed by atoms with van der Waals surface area (Å²) in [6.45, 7) is 3.01. The number of guanidine groups is 2. The van der Waals surface area contributed by atoms with Gasteiger partial charge < -0.3 is 21.3 Å². The Balaban J connectivity index is 0.00000128. The summed E-state index contributed by atoms with van der Waals surface area (Å²) in [5, 5.41) is 12.5. The Morgan fingerprint density at radius 3 is 1.47 bits per heavy atom. The molecule has 0 aromatic heterocycles. The van der Waals surface area contributed by atoms with Gasteiger partial charge in [0, 0.05) is 46.7 Å². The normalized spacial score (nSPS) is 16.0. The molecule has 0 bridgehead atoms. The molecule has 1 aliphatic carbocycles. The average molecular weight is 447 g/mol. The van der Waals surface area contributed by atoms with E-state index < -0.39 is 0 Å². The highest BCUT2D eigenvalue weighted by Crippen LogP contribution is 2.31. The zero-order chi connectivity index (χ0) is 19.1. The number of carbonyl (C=O) groups excluding carboxylic acids is 2. The second-order valence-corrected chi connectivity index (χ2v) is 6.74. The predicted octanol–water partition coefficient (Wildman–Crippen LogP) is 2.05. The van der Waals surface area contributed by atoms with E-state index in [4.69, 9.17) is 0 Å². The molecular formula is C20H20Cl2N6O2. The monoisotopic (exact) mass is 446 g/mol. The van der Waals surface area contributed by atoms with Crippen LogP contribution in [0.5, 0.6) is 0 Å². The Morgan fingerprint density at radius 2 is 1.10 bits per heavy atom. The van der Waals surface area contributed by atoms with Crippen LogP contribution in [0.1, 0.15) is 31.8 Å². The minimum absolute atomic E-state index is 0. The molecule has 0 spiro atoms. The Labute approximate surface area is 185 Å². The fraction of sp³-hybridized carbons (Fsp3) is 0.200. The van der Waals surface area contributed by atoms with Crippen molar-refractivity contribution in [2.75, 3.05) is 36.8 Å². The lowest BCUT2D eigenvalue weighted by Crippen LogP contribution is -2.27. The number of aliphatic imine (C=N–C) groups is 2. The highest BCUT2D eigenvalue weighted by molar-refractivity contribution is 6.29. The zero-order valence-corrected chi connectivity index (χ0v) is 17.5. The molecule has 0 radical (unpaired) electrons. The Hall–Kier alpha value is -3.10. The fourth-order valence-electron chi connectivity index (χ4n) is 3.54. The zero-order valence-electron chi connectivity index (χ0n) is 15.8. The van der Waals surface area contributed by atoms with Crippen molar-refractivity contribution in [3.8, 4) is 0 Å². The predicted molar refractivity (Wildman–Crippen MR) is 122 cm³/mol. The molecule has 0 atom stereocenters. The summed E-state index contributed by atoms with van der Waals surface area (Å²) in [5.74, 6) is 1.04. The van der Waals surface area contributed by atoms with Gasteiger partial charge in [0.05, 0.1) is 13.1 Å². The van der Waals surface area contributed by atoms with Crippen LogP contribution in [0.15, 0.2) is 46.4 Å². The number of halogens is 2. The lowest BCUT2D eigenvalue weighted by atomic mass is 9.83. The van der Waals surface area contributed by atoms with Crippen LogP contribution in [0.3, 0.4) is 0 Å². The third-order valence-corrected chi connectivity index (χ3v) is 4.89. The summed E-state index contributed by atoms with van der Waals surface area (Å²) in [5.41, 5.74) is 3.09. The number of nitrogens with one attached hydrogen (secondary N) is 4. The molecule has 30 heavy (non-hydrogen) atoms. The van der Waals surface area contributed by atoms with Gasteiger partial charge >= 0.3 is 0 Å². The molecule has 2 aliphatic heterocycles. The van der Waals surface area contributed by atoms with Crippen molar-refractivity contribution in [2.45, 2.75) is 0 Å². The standard InChI is InChI=1S/C20H18N6O2.2ClH/c27-17-13-3-1-11(25-19-21-5-6-22-19)9-15(13)18(28)14-4-2-12(10-16(14)17)26-20-23-7-8-24-20;;/h1-4,9-10H,5-8H2,(H2,21,22,25)(H2,23,24,26);2*1H. The minimum Gasteiger partial charge on any atom is -0.354 e. The minimum atomic E-state index is -0.155. The van der Waals surface area contributed by atoms with E-state index in [1.54, 1.807) is 36.4 Å². The second kappa shape index (κ2) is 8.73. The largest absolute Gasteiger partial charge is 0.354 e. The lowest BCUT2D eigenvalue weighted by Gasteiger charge is -2.19. The van der Waals surface area contributed by atoms with Gasteiger partial charge in [0.25, 0.3) is 0 Å². The smallest absolute Gasteiger partial charge is 0.195 e. The van der Waals surface area contributed by atoms with E-state index in [0.29, 0.717) is 34.2 Å². The maximum atomic E-state index is 13.0. The van der Waals surface area contributed by atoms with Gasteiger partial charge in [0.2, 0.25) is 0 Å². The molecule has 0 unspecified atom stereocenters. The van der Waals surface area contributed by atoms with Crippen LogP contribution in [0.25, 0.3) is 0 Å². The number of fused-ring (bicyclic) bond motifs is 2. The molecule has 5 rings (SSSR count). The summed E-state index contributed by atoms with van der Waals surface area (Å²) < 4.78 is 0. The molecule has 8 nitrogen and oxygen atoms in total. The van der Waals surface area contributed by atoms with E-state index in [1.807, 2.05) is 0 Å². The number of anilines is 2. The van der Waals surface area contributed by atoms with Crippen LogP contribution in [0.2, 0.25) is 0 Å². The Morgan fingerprint density at radius 1 is 0.667 bits per heavy atom.